The lowest BCUT2D eigenvalue weighted by molar-refractivity contribution is -0.123. The van der Waals surface area contributed by atoms with E-state index in [1.807, 2.05) is 41.3 Å². The van der Waals surface area contributed by atoms with Crippen LogP contribution >= 0.6 is 0 Å². The number of carbonyl (C=O) groups excluding carboxylic acids is 2. The highest BCUT2D eigenvalue weighted by Gasteiger charge is 2.37. The largest absolute Gasteiger partial charge is 0.336 e. The lowest BCUT2D eigenvalue weighted by Crippen LogP contribution is -2.56. The van der Waals surface area contributed by atoms with Crippen molar-refractivity contribution in [2.75, 3.05) is 31.5 Å². The Hall–Kier alpha value is -2.66. The average Bonchev–Trinajstić information content (AvgIpc) is 3.39. The highest BCUT2D eigenvalue weighted by atomic mass is 16.2. The van der Waals surface area contributed by atoms with Crippen LogP contribution in [0.25, 0.3) is 0 Å². The lowest BCUT2D eigenvalue weighted by atomic mass is 9.94. The first-order valence-corrected chi connectivity index (χ1v) is 13.0. The van der Waals surface area contributed by atoms with Gasteiger partial charge in [-0.15, -0.1) is 0 Å². The number of hydrogen-bond acceptors (Lipinski definition) is 3. The first-order chi connectivity index (χ1) is 16.5. The number of nitrogens with one attached hydrogen (secondary N) is 1. The molecule has 34 heavy (non-hydrogen) atoms. The molecule has 1 saturated carbocycles. The second kappa shape index (κ2) is 11.2. The molecule has 1 N–H and O–H groups in total. The smallest absolute Gasteiger partial charge is 0.253 e. The Morgan fingerprint density at radius 1 is 0.912 bits per heavy atom. The van der Waals surface area contributed by atoms with Crippen molar-refractivity contribution in [3.63, 3.8) is 0 Å². The molecule has 4 rings (SSSR count). The van der Waals surface area contributed by atoms with Gasteiger partial charge in [-0.05, 0) is 66.5 Å². The van der Waals surface area contributed by atoms with Crippen molar-refractivity contribution in [3.8, 4) is 0 Å². The number of rotatable bonds is 7. The lowest BCUT2D eigenvalue weighted by Gasteiger charge is -2.40. The second-order valence-corrected chi connectivity index (χ2v) is 10.1. The van der Waals surface area contributed by atoms with Crippen LogP contribution in [-0.4, -0.2) is 53.8 Å². The third-order valence-electron chi connectivity index (χ3n) is 7.56. The predicted molar refractivity (Wildman–Crippen MR) is 138 cm³/mol. The minimum Gasteiger partial charge on any atom is -0.336 e. The van der Waals surface area contributed by atoms with Crippen LogP contribution in [0.5, 0.6) is 0 Å². The Morgan fingerprint density at radius 3 is 2.09 bits per heavy atom. The number of amides is 2. The van der Waals surface area contributed by atoms with E-state index in [1.54, 1.807) is 0 Å². The molecular formula is C29H39N3O2. The molecular weight excluding hydrogens is 422 g/mol. The highest BCUT2D eigenvalue weighted by molar-refractivity contribution is 5.95. The fourth-order valence-corrected chi connectivity index (χ4v) is 5.39. The SMILES string of the molecule is CCc1ccc(C(=O)N2CCN([C@H](C(=O)Nc3ccc(C(C)C)cc3)C3CCCC3)CC2)cc1. The van der Waals surface area contributed by atoms with Crippen molar-refractivity contribution < 1.29 is 9.59 Å². The van der Waals surface area contributed by atoms with E-state index < -0.39 is 0 Å². The van der Waals surface area contributed by atoms with Crippen molar-refractivity contribution in [2.24, 2.45) is 5.92 Å². The molecule has 2 aromatic carbocycles. The summed E-state index contributed by atoms with van der Waals surface area (Å²) in [7, 11) is 0. The van der Waals surface area contributed by atoms with Gasteiger partial charge in [0, 0.05) is 37.4 Å². The van der Waals surface area contributed by atoms with Crippen LogP contribution < -0.4 is 5.32 Å². The van der Waals surface area contributed by atoms with Gasteiger partial charge in [-0.2, -0.15) is 0 Å². The van der Waals surface area contributed by atoms with Gasteiger partial charge in [0.1, 0.15) is 0 Å². The van der Waals surface area contributed by atoms with E-state index in [1.165, 1.54) is 24.0 Å². The molecule has 2 fully saturated rings. The molecule has 1 aliphatic heterocycles. The molecule has 1 atom stereocenters. The van der Waals surface area contributed by atoms with Gasteiger partial charge in [0.05, 0.1) is 6.04 Å². The number of anilines is 1. The summed E-state index contributed by atoms with van der Waals surface area (Å²) in [5.74, 6) is 1.05. The molecule has 0 bridgehead atoms. The van der Waals surface area contributed by atoms with Crippen LogP contribution in [0, 0.1) is 5.92 Å². The minimum absolute atomic E-state index is 0.0920. The fourth-order valence-electron chi connectivity index (χ4n) is 5.39. The van der Waals surface area contributed by atoms with Crippen molar-refractivity contribution >= 4 is 17.5 Å². The van der Waals surface area contributed by atoms with Gasteiger partial charge in [0.15, 0.2) is 0 Å². The predicted octanol–water partition coefficient (Wildman–Crippen LogP) is 5.33. The van der Waals surface area contributed by atoms with Crippen molar-refractivity contribution in [3.05, 3.63) is 65.2 Å². The molecule has 0 radical (unpaired) electrons. The van der Waals surface area contributed by atoms with E-state index in [9.17, 15) is 9.59 Å². The molecule has 182 valence electrons. The van der Waals surface area contributed by atoms with Crippen LogP contribution in [-0.2, 0) is 11.2 Å². The second-order valence-electron chi connectivity index (χ2n) is 10.1. The maximum atomic E-state index is 13.5. The van der Waals surface area contributed by atoms with Gasteiger partial charge >= 0.3 is 0 Å². The maximum Gasteiger partial charge on any atom is 0.253 e. The monoisotopic (exact) mass is 461 g/mol. The molecule has 1 aliphatic carbocycles. The molecule has 0 aromatic heterocycles. The minimum atomic E-state index is -0.131. The summed E-state index contributed by atoms with van der Waals surface area (Å²) in [5.41, 5.74) is 4.13. The van der Waals surface area contributed by atoms with E-state index >= 15 is 0 Å². The first kappa shape index (κ1) is 24.5. The number of carbonyl (C=O) groups is 2. The van der Waals surface area contributed by atoms with Crippen LogP contribution in [0.4, 0.5) is 5.69 Å². The average molecular weight is 462 g/mol. The van der Waals surface area contributed by atoms with Crippen LogP contribution in [0.1, 0.15) is 73.9 Å². The van der Waals surface area contributed by atoms with Crippen molar-refractivity contribution in [1.29, 1.82) is 0 Å². The van der Waals surface area contributed by atoms with Crippen molar-refractivity contribution in [2.45, 2.75) is 64.8 Å². The molecule has 2 aromatic rings. The van der Waals surface area contributed by atoms with E-state index in [-0.39, 0.29) is 17.9 Å². The molecule has 0 unspecified atom stereocenters. The Labute approximate surface area is 204 Å². The standard InChI is InChI=1S/C29H39N3O2/c1-4-22-9-11-25(12-10-22)29(34)32-19-17-31(18-20-32)27(24-7-5-6-8-24)28(33)30-26-15-13-23(14-16-26)21(2)3/h9-16,21,24,27H,4-8,17-20H2,1-3H3,(H,30,33)/t27-/m0/s1. The van der Waals surface area contributed by atoms with E-state index in [0.717, 1.165) is 43.6 Å². The molecule has 5 nitrogen and oxygen atoms in total. The maximum absolute atomic E-state index is 13.5. The van der Waals surface area contributed by atoms with E-state index in [4.69, 9.17) is 0 Å². The molecule has 0 spiro atoms. The van der Waals surface area contributed by atoms with Gasteiger partial charge in [-0.25, -0.2) is 0 Å². The Kier molecular flexibility index (Phi) is 8.04. The third-order valence-corrected chi connectivity index (χ3v) is 7.56. The molecule has 1 saturated heterocycles. The van der Waals surface area contributed by atoms with Gasteiger partial charge in [0.25, 0.3) is 5.91 Å². The normalized spacial score (nSPS) is 18.3. The van der Waals surface area contributed by atoms with Crippen LogP contribution in [0.3, 0.4) is 0 Å². The summed E-state index contributed by atoms with van der Waals surface area (Å²) in [4.78, 5) is 30.7. The summed E-state index contributed by atoms with van der Waals surface area (Å²) in [6.45, 7) is 9.26. The topological polar surface area (TPSA) is 52.7 Å². The first-order valence-electron chi connectivity index (χ1n) is 13.0. The summed E-state index contributed by atoms with van der Waals surface area (Å²) >= 11 is 0. The van der Waals surface area contributed by atoms with Crippen LogP contribution in [0.15, 0.2) is 48.5 Å². The number of benzene rings is 2. The number of hydrogen-bond donors (Lipinski definition) is 1. The van der Waals surface area contributed by atoms with Gasteiger partial charge < -0.3 is 10.2 Å². The Balaban J connectivity index is 1.40. The molecule has 5 heteroatoms. The Bertz CT molecular complexity index is 954. The highest BCUT2D eigenvalue weighted by Crippen LogP contribution is 2.32. The van der Waals surface area contributed by atoms with Gasteiger partial charge in [-0.3, -0.25) is 14.5 Å². The number of nitrogens with zero attached hydrogens (tertiary/aromatic N) is 2. The zero-order chi connectivity index (χ0) is 24.1. The molecule has 2 aliphatic rings. The van der Waals surface area contributed by atoms with E-state index in [0.29, 0.717) is 24.9 Å². The summed E-state index contributed by atoms with van der Waals surface area (Å²) in [5, 5.41) is 3.19. The van der Waals surface area contributed by atoms with Gasteiger partial charge in [-0.1, -0.05) is 57.9 Å². The van der Waals surface area contributed by atoms with Crippen LogP contribution in [0.2, 0.25) is 0 Å². The quantitative estimate of drug-likeness (QED) is 0.607. The summed E-state index contributed by atoms with van der Waals surface area (Å²) in [6.07, 6.45) is 5.58. The molecule has 2 amide bonds. The molecule has 1 heterocycles. The van der Waals surface area contributed by atoms with Gasteiger partial charge in [0.2, 0.25) is 5.91 Å². The van der Waals surface area contributed by atoms with E-state index in [2.05, 4.69) is 43.1 Å². The Morgan fingerprint density at radius 2 is 1.53 bits per heavy atom. The fraction of sp³-hybridized carbons (Fsp3) is 0.517. The third kappa shape index (κ3) is 5.69. The summed E-state index contributed by atoms with van der Waals surface area (Å²) < 4.78 is 0. The zero-order valence-electron chi connectivity index (χ0n) is 20.9. The number of piperazine rings is 1. The summed E-state index contributed by atoms with van der Waals surface area (Å²) in [6, 6.07) is 16.0. The number of aryl methyl sites for hydroxylation is 1. The zero-order valence-corrected chi connectivity index (χ0v) is 20.9. The van der Waals surface area contributed by atoms with Crippen molar-refractivity contribution in [1.82, 2.24) is 9.80 Å².